The molecular formula is C16H14Cl3NO5S. The van der Waals surface area contributed by atoms with Crippen molar-refractivity contribution in [1.82, 2.24) is 0 Å². The van der Waals surface area contributed by atoms with E-state index >= 15 is 0 Å². The van der Waals surface area contributed by atoms with Gasteiger partial charge in [0.1, 0.15) is 5.75 Å². The number of hydrogen-bond acceptors (Lipinski definition) is 5. The standard InChI is InChI=1S/C16H14Cl3NO5S/c1-9-5-10(3-4-15(9)25-8-16(21)24-2)26(22,23)20-14-7-12(18)11(17)6-13(14)19/h3-7,20H,8H2,1-2H3. The molecule has 0 amide bonds. The molecule has 2 aromatic rings. The second-order valence-electron chi connectivity index (χ2n) is 5.14. The Labute approximate surface area is 166 Å². The summed E-state index contributed by atoms with van der Waals surface area (Å²) in [4.78, 5) is 11.1. The van der Waals surface area contributed by atoms with Gasteiger partial charge in [0, 0.05) is 0 Å². The Hall–Kier alpha value is -1.67. The van der Waals surface area contributed by atoms with Crippen LogP contribution in [0.4, 0.5) is 5.69 Å². The van der Waals surface area contributed by atoms with E-state index in [9.17, 15) is 13.2 Å². The largest absolute Gasteiger partial charge is 0.482 e. The van der Waals surface area contributed by atoms with Crippen molar-refractivity contribution in [3.05, 3.63) is 51.0 Å². The van der Waals surface area contributed by atoms with Crippen molar-refractivity contribution >= 4 is 56.5 Å². The van der Waals surface area contributed by atoms with Gasteiger partial charge in [-0.15, -0.1) is 0 Å². The van der Waals surface area contributed by atoms with Crippen molar-refractivity contribution in [2.45, 2.75) is 11.8 Å². The molecule has 0 aliphatic heterocycles. The van der Waals surface area contributed by atoms with E-state index in [0.717, 1.165) is 0 Å². The number of benzene rings is 2. The number of carbonyl (C=O) groups excluding carboxylic acids is 1. The van der Waals surface area contributed by atoms with Gasteiger partial charge in [-0.1, -0.05) is 34.8 Å². The van der Waals surface area contributed by atoms with Crippen LogP contribution >= 0.6 is 34.8 Å². The molecule has 26 heavy (non-hydrogen) atoms. The predicted octanol–water partition coefficient (Wildman–Crippen LogP) is 4.31. The lowest BCUT2D eigenvalue weighted by Crippen LogP contribution is -2.15. The normalized spacial score (nSPS) is 11.1. The summed E-state index contributed by atoms with van der Waals surface area (Å²) in [5.41, 5.74) is 0.627. The lowest BCUT2D eigenvalue weighted by molar-refractivity contribution is -0.142. The van der Waals surface area contributed by atoms with Crippen LogP contribution in [0.2, 0.25) is 15.1 Å². The van der Waals surface area contributed by atoms with Gasteiger partial charge in [-0.05, 0) is 42.8 Å². The predicted molar refractivity (Wildman–Crippen MR) is 101 cm³/mol. The van der Waals surface area contributed by atoms with Crippen molar-refractivity contribution in [2.75, 3.05) is 18.4 Å². The van der Waals surface area contributed by atoms with Crippen LogP contribution in [0.5, 0.6) is 5.75 Å². The molecule has 0 aliphatic carbocycles. The molecule has 0 aromatic heterocycles. The fourth-order valence-corrected chi connectivity index (χ4v) is 3.76. The molecule has 1 N–H and O–H groups in total. The second kappa shape index (κ2) is 8.35. The van der Waals surface area contributed by atoms with Crippen LogP contribution < -0.4 is 9.46 Å². The zero-order valence-corrected chi connectivity index (χ0v) is 16.8. The number of hydrogen-bond donors (Lipinski definition) is 1. The number of rotatable bonds is 6. The summed E-state index contributed by atoms with van der Waals surface area (Å²) in [5.74, 6) is -0.182. The van der Waals surface area contributed by atoms with Crippen molar-refractivity contribution < 1.29 is 22.7 Å². The lowest BCUT2D eigenvalue weighted by atomic mass is 10.2. The maximum absolute atomic E-state index is 12.6. The maximum Gasteiger partial charge on any atom is 0.343 e. The average molecular weight is 439 g/mol. The minimum absolute atomic E-state index is 0.0115. The van der Waals surface area contributed by atoms with Gasteiger partial charge in [0.2, 0.25) is 0 Å². The van der Waals surface area contributed by atoms with Crippen LogP contribution in [0.1, 0.15) is 5.56 Å². The van der Waals surface area contributed by atoms with Crippen LogP contribution in [-0.2, 0) is 19.6 Å². The summed E-state index contributed by atoms with van der Waals surface area (Å²) in [7, 11) is -2.68. The first-order valence-corrected chi connectivity index (χ1v) is 9.73. The second-order valence-corrected chi connectivity index (χ2v) is 8.05. The fraction of sp³-hybridized carbons (Fsp3) is 0.188. The minimum atomic E-state index is -3.92. The number of anilines is 1. The van der Waals surface area contributed by atoms with E-state index in [1.165, 1.54) is 37.4 Å². The minimum Gasteiger partial charge on any atom is -0.482 e. The molecule has 10 heteroatoms. The number of ether oxygens (including phenoxy) is 2. The molecule has 0 atom stereocenters. The van der Waals surface area contributed by atoms with Gasteiger partial charge in [-0.2, -0.15) is 0 Å². The molecule has 2 rings (SSSR count). The Morgan fingerprint density at radius 2 is 1.73 bits per heavy atom. The molecular weight excluding hydrogens is 425 g/mol. The fourth-order valence-electron chi connectivity index (χ4n) is 1.95. The maximum atomic E-state index is 12.6. The van der Waals surface area contributed by atoms with Crippen LogP contribution in [0.3, 0.4) is 0 Å². The molecule has 0 aliphatic rings. The van der Waals surface area contributed by atoms with Crippen molar-refractivity contribution in [2.24, 2.45) is 0 Å². The van der Waals surface area contributed by atoms with E-state index in [4.69, 9.17) is 39.5 Å². The first-order chi connectivity index (χ1) is 12.1. The van der Waals surface area contributed by atoms with Gasteiger partial charge in [-0.3, -0.25) is 4.72 Å². The number of nitrogens with one attached hydrogen (secondary N) is 1. The number of halogens is 3. The quantitative estimate of drug-likeness (QED) is 0.537. The van der Waals surface area contributed by atoms with Gasteiger partial charge in [-0.25, -0.2) is 13.2 Å². The first kappa shape index (κ1) is 20.6. The molecule has 2 aromatic carbocycles. The monoisotopic (exact) mass is 437 g/mol. The molecule has 0 fully saturated rings. The molecule has 0 saturated heterocycles. The third-order valence-electron chi connectivity index (χ3n) is 3.28. The summed E-state index contributed by atoms with van der Waals surface area (Å²) in [6.45, 7) is 1.37. The SMILES string of the molecule is COC(=O)COc1ccc(S(=O)(=O)Nc2cc(Cl)c(Cl)cc2Cl)cc1C. The third kappa shape index (κ3) is 4.94. The van der Waals surface area contributed by atoms with E-state index in [-0.39, 0.29) is 32.3 Å². The highest BCUT2D eigenvalue weighted by molar-refractivity contribution is 7.92. The van der Waals surface area contributed by atoms with Crippen molar-refractivity contribution in [3.63, 3.8) is 0 Å². The Balaban J connectivity index is 2.25. The Morgan fingerprint density at radius 1 is 1.08 bits per heavy atom. The van der Waals surface area contributed by atoms with Crippen LogP contribution in [0, 0.1) is 6.92 Å². The number of aryl methyl sites for hydroxylation is 1. The van der Waals surface area contributed by atoms with Crippen LogP contribution in [0.25, 0.3) is 0 Å². The highest BCUT2D eigenvalue weighted by Gasteiger charge is 2.18. The molecule has 0 heterocycles. The van der Waals surface area contributed by atoms with Crippen LogP contribution in [0.15, 0.2) is 35.2 Å². The lowest BCUT2D eigenvalue weighted by Gasteiger charge is -2.13. The van der Waals surface area contributed by atoms with Crippen molar-refractivity contribution in [1.29, 1.82) is 0 Å². The number of methoxy groups -OCH3 is 1. The van der Waals surface area contributed by atoms with Gasteiger partial charge in [0.15, 0.2) is 6.61 Å². The molecule has 0 radical (unpaired) electrons. The zero-order chi connectivity index (χ0) is 19.5. The molecule has 0 unspecified atom stereocenters. The molecule has 0 saturated carbocycles. The first-order valence-electron chi connectivity index (χ1n) is 7.11. The number of carbonyl (C=O) groups is 1. The van der Waals surface area contributed by atoms with Gasteiger partial charge >= 0.3 is 5.97 Å². The van der Waals surface area contributed by atoms with Crippen LogP contribution in [-0.4, -0.2) is 28.1 Å². The molecule has 6 nitrogen and oxygen atoms in total. The van der Waals surface area contributed by atoms with E-state index in [2.05, 4.69) is 9.46 Å². The van der Waals surface area contributed by atoms with Gasteiger partial charge < -0.3 is 9.47 Å². The highest BCUT2D eigenvalue weighted by atomic mass is 35.5. The number of esters is 1. The number of sulfonamides is 1. The summed E-state index contributed by atoms with van der Waals surface area (Å²) in [6, 6.07) is 6.86. The van der Waals surface area contributed by atoms with Gasteiger partial charge in [0.05, 0.1) is 32.8 Å². The summed E-state index contributed by atoms with van der Waals surface area (Å²) in [5, 5.41) is 0.483. The molecule has 0 spiro atoms. The average Bonchev–Trinajstić information content (AvgIpc) is 2.58. The van der Waals surface area contributed by atoms with E-state index in [0.29, 0.717) is 11.3 Å². The smallest absolute Gasteiger partial charge is 0.343 e. The third-order valence-corrected chi connectivity index (χ3v) is 5.68. The Kier molecular flexibility index (Phi) is 6.63. The summed E-state index contributed by atoms with van der Waals surface area (Å²) >= 11 is 17.7. The summed E-state index contributed by atoms with van der Waals surface area (Å²) in [6.07, 6.45) is 0. The zero-order valence-electron chi connectivity index (χ0n) is 13.7. The van der Waals surface area contributed by atoms with Gasteiger partial charge in [0.25, 0.3) is 10.0 Å². The topological polar surface area (TPSA) is 81.7 Å². The van der Waals surface area contributed by atoms with E-state index < -0.39 is 16.0 Å². The Bertz CT molecular complexity index is 947. The summed E-state index contributed by atoms with van der Waals surface area (Å²) < 4.78 is 37.3. The molecule has 0 bridgehead atoms. The van der Waals surface area contributed by atoms with E-state index in [1.54, 1.807) is 6.92 Å². The van der Waals surface area contributed by atoms with Crippen molar-refractivity contribution in [3.8, 4) is 5.75 Å². The Morgan fingerprint density at radius 3 is 2.35 bits per heavy atom. The van der Waals surface area contributed by atoms with E-state index in [1.807, 2.05) is 0 Å². The molecule has 140 valence electrons. The highest BCUT2D eigenvalue weighted by Crippen LogP contribution is 2.33.